The smallest absolute Gasteiger partial charge is 0.335 e. The van der Waals surface area contributed by atoms with Gasteiger partial charge in [0.2, 0.25) is 5.13 Å². The predicted molar refractivity (Wildman–Crippen MR) is 73.1 cm³/mol. The first-order chi connectivity index (χ1) is 9.08. The van der Waals surface area contributed by atoms with Gasteiger partial charge in [0.15, 0.2) is 0 Å². The lowest BCUT2D eigenvalue weighted by atomic mass is 10.1. The summed E-state index contributed by atoms with van der Waals surface area (Å²) in [5.74, 6) is 0.200. The zero-order valence-electron chi connectivity index (χ0n) is 10.7. The average molecular weight is 278 g/mol. The summed E-state index contributed by atoms with van der Waals surface area (Å²) in [7, 11) is 0. The number of hydrogen-bond donors (Lipinski definition) is 2. The van der Waals surface area contributed by atoms with Crippen LogP contribution in [0.4, 0.5) is 10.9 Å². The topological polar surface area (TPSA) is 88.0 Å². The van der Waals surface area contributed by atoms with Crippen LogP contribution in [0.2, 0.25) is 0 Å². The van der Waals surface area contributed by atoms with Crippen LogP contribution in [0.1, 0.15) is 35.2 Å². The predicted octanol–water partition coefficient (Wildman–Crippen LogP) is 2.64. The van der Waals surface area contributed by atoms with Gasteiger partial charge in [-0.15, -0.1) is 0 Å². The number of hydrogen-bond acceptors (Lipinski definition) is 6. The number of aromatic nitrogens is 3. The molecule has 0 saturated heterocycles. The van der Waals surface area contributed by atoms with Crippen LogP contribution < -0.4 is 5.32 Å². The van der Waals surface area contributed by atoms with Gasteiger partial charge in [-0.1, -0.05) is 13.3 Å². The molecule has 19 heavy (non-hydrogen) atoms. The van der Waals surface area contributed by atoms with E-state index in [1.54, 1.807) is 13.0 Å². The molecule has 7 heteroatoms. The van der Waals surface area contributed by atoms with E-state index in [0.717, 1.165) is 18.5 Å². The fourth-order valence-corrected chi connectivity index (χ4v) is 2.20. The van der Waals surface area contributed by atoms with Gasteiger partial charge in [0.05, 0.1) is 5.56 Å². The van der Waals surface area contributed by atoms with Crippen molar-refractivity contribution < 1.29 is 9.90 Å². The molecule has 2 N–H and O–H groups in total. The van der Waals surface area contributed by atoms with Crippen molar-refractivity contribution in [2.75, 3.05) is 5.32 Å². The summed E-state index contributed by atoms with van der Waals surface area (Å²) in [5, 5.41) is 12.7. The highest BCUT2D eigenvalue weighted by atomic mass is 32.1. The van der Waals surface area contributed by atoms with Crippen molar-refractivity contribution in [1.29, 1.82) is 0 Å². The fourth-order valence-electron chi connectivity index (χ4n) is 1.62. The molecule has 0 bridgehead atoms. The zero-order chi connectivity index (χ0) is 13.8. The minimum absolute atomic E-state index is 0.224. The maximum atomic E-state index is 11.1. The Balaban J connectivity index is 2.30. The summed E-state index contributed by atoms with van der Waals surface area (Å²) in [4.78, 5) is 19.6. The number of carboxylic acid groups (broad SMARTS) is 1. The van der Waals surface area contributed by atoms with Gasteiger partial charge in [0.25, 0.3) is 0 Å². The molecular weight excluding hydrogens is 264 g/mol. The molecule has 0 fully saturated rings. The molecule has 2 rings (SSSR count). The van der Waals surface area contributed by atoms with Gasteiger partial charge in [0, 0.05) is 17.2 Å². The molecule has 0 amide bonds. The second-order valence-corrected chi connectivity index (χ2v) is 4.81. The number of carboxylic acids is 1. The first-order valence-corrected chi connectivity index (χ1v) is 6.67. The highest BCUT2D eigenvalue weighted by Gasteiger charge is 2.09. The lowest BCUT2D eigenvalue weighted by Gasteiger charge is -2.06. The van der Waals surface area contributed by atoms with E-state index in [1.165, 1.54) is 17.6 Å². The summed E-state index contributed by atoms with van der Waals surface area (Å²) in [6.07, 6.45) is 1.65. The Morgan fingerprint density at radius 2 is 2.21 bits per heavy atom. The van der Waals surface area contributed by atoms with Crippen LogP contribution in [0.5, 0.6) is 0 Å². The number of rotatable bonds is 5. The van der Waals surface area contributed by atoms with Crippen LogP contribution in [-0.4, -0.2) is 25.4 Å². The Hall–Kier alpha value is -2.02. The molecule has 0 saturated carbocycles. The van der Waals surface area contributed by atoms with E-state index in [2.05, 4.69) is 19.7 Å². The molecule has 0 spiro atoms. The maximum absolute atomic E-state index is 11.1. The van der Waals surface area contributed by atoms with Gasteiger partial charge >= 0.3 is 5.97 Å². The summed E-state index contributed by atoms with van der Waals surface area (Å²) in [6.45, 7) is 3.82. The van der Waals surface area contributed by atoms with Crippen LogP contribution in [0.15, 0.2) is 12.1 Å². The summed E-state index contributed by atoms with van der Waals surface area (Å²) >= 11 is 1.22. The number of aromatic carboxylic acids is 1. The van der Waals surface area contributed by atoms with E-state index in [-0.39, 0.29) is 5.56 Å². The molecule has 100 valence electrons. The SMILES string of the molecule is CCCc1cc(C(=O)O)cc(Nc2nc(C)ns2)n1. The number of anilines is 2. The van der Waals surface area contributed by atoms with Crippen molar-refractivity contribution in [2.45, 2.75) is 26.7 Å². The van der Waals surface area contributed by atoms with Crippen LogP contribution in [0.3, 0.4) is 0 Å². The third kappa shape index (κ3) is 3.47. The molecular formula is C12H14N4O2S. The van der Waals surface area contributed by atoms with Crippen molar-refractivity contribution in [1.82, 2.24) is 14.3 Å². The average Bonchev–Trinajstić information content (AvgIpc) is 2.75. The van der Waals surface area contributed by atoms with E-state index < -0.39 is 5.97 Å². The Morgan fingerprint density at radius 1 is 1.42 bits per heavy atom. The first-order valence-electron chi connectivity index (χ1n) is 5.90. The van der Waals surface area contributed by atoms with Gasteiger partial charge in [-0.25, -0.2) is 14.8 Å². The highest BCUT2D eigenvalue weighted by Crippen LogP contribution is 2.19. The molecule has 0 atom stereocenters. The Labute approximate surface area is 114 Å². The Bertz CT molecular complexity index is 597. The van der Waals surface area contributed by atoms with Gasteiger partial charge in [-0.3, -0.25) is 0 Å². The molecule has 0 aliphatic heterocycles. The molecule has 2 heterocycles. The Morgan fingerprint density at radius 3 is 2.79 bits per heavy atom. The van der Waals surface area contributed by atoms with Crippen molar-refractivity contribution in [3.8, 4) is 0 Å². The van der Waals surface area contributed by atoms with Crippen molar-refractivity contribution in [3.63, 3.8) is 0 Å². The molecule has 0 unspecified atom stereocenters. The van der Waals surface area contributed by atoms with Crippen LogP contribution in [0, 0.1) is 6.92 Å². The van der Waals surface area contributed by atoms with Gasteiger partial charge in [-0.05, 0) is 25.5 Å². The van der Waals surface area contributed by atoms with Gasteiger partial charge in [-0.2, -0.15) is 4.37 Å². The van der Waals surface area contributed by atoms with Crippen molar-refractivity contribution in [2.24, 2.45) is 0 Å². The van der Waals surface area contributed by atoms with Gasteiger partial charge < -0.3 is 10.4 Å². The maximum Gasteiger partial charge on any atom is 0.335 e. The number of aryl methyl sites for hydroxylation is 2. The van der Waals surface area contributed by atoms with E-state index in [1.807, 2.05) is 6.92 Å². The number of pyridine rings is 1. The normalized spacial score (nSPS) is 10.4. The first kappa shape index (κ1) is 13.4. The standard InChI is InChI=1S/C12H14N4O2S/c1-3-4-9-5-8(11(17)18)6-10(14-9)15-12-13-7(2)16-19-12/h5-6H,3-4H2,1-2H3,(H,17,18)(H,13,14,15,16). The number of carbonyl (C=O) groups is 1. The molecule has 0 aromatic carbocycles. The van der Waals surface area contributed by atoms with Crippen molar-refractivity contribution >= 4 is 28.5 Å². The van der Waals surface area contributed by atoms with Crippen LogP contribution >= 0.6 is 11.5 Å². The van der Waals surface area contributed by atoms with E-state index in [4.69, 9.17) is 5.11 Å². The molecule has 2 aromatic rings. The van der Waals surface area contributed by atoms with E-state index in [9.17, 15) is 4.79 Å². The third-order valence-electron chi connectivity index (χ3n) is 2.39. The molecule has 6 nitrogen and oxygen atoms in total. The Kier molecular flexibility index (Phi) is 4.06. The number of nitrogens with zero attached hydrogens (tertiary/aromatic N) is 3. The molecule has 0 radical (unpaired) electrons. The lowest BCUT2D eigenvalue weighted by Crippen LogP contribution is -2.03. The molecule has 0 aliphatic rings. The highest BCUT2D eigenvalue weighted by molar-refractivity contribution is 7.09. The summed E-state index contributed by atoms with van der Waals surface area (Å²) < 4.78 is 4.05. The molecule has 2 aromatic heterocycles. The number of nitrogens with one attached hydrogen (secondary N) is 1. The third-order valence-corrected chi connectivity index (χ3v) is 3.12. The van der Waals surface area contributed by atoms with Gasteiger partial charge in [0.1, 0.15) is 11.6 Å². The second-order valence-electron chi connectivity index (χ2n) is 4.06. The largest absolute Gasteiger partial charge is 0.478 e. The summed E-state index contributed by atoms with van der Waals surface area (Å²) in [5.41, 5.74) is 0.980. The quantitative estimate of drug-likeness (QED) is 0.874. The molecule has 0 aliphatic carbocycles. The minimum atomic E-state index is -0.962. The van der Waals surface area contributed by atoms with E-state index >= 15 is 0 Å². The second kappa shape index (κ2) is 5.75. The zero-order valence-corrected chi connectivity index (χ0v) is 11.5. The summed E-state index contributed by atoms with van der Waals surface area (Å²) in [6, 6.07) is 3.10. The van der Waals surface area contributed by atoms with Crippen molar-refractivity contribution in [3.05, 3.63) is 29.2 Å². The van der Waals surface area contributed by atoms with Crippen LogP contribution in [0.25, 0.3) is 0 Å². The van der Waals surface area contributed by atoms with Crippen LogP contribution in [-0.2, 0) is 6.42 Å². The fraction of sp³-hybridized carbons (Fsp3) is 0.333. The van der Waals surface area contributed by atoms with E-state index in [0.29, 0.717) is 16.8 Å². The minimum Gasteiger partial charge on any atom is -0.478 e. The monoisotopic (exact) mass is 278 g/mol. The lowest BCUT2D eigenvalue weighted by molar-refractivity contribution is 0.0696.